The molecule has 0 saturated carbocycles. The molecule has 2 rings (SSSR count). The van der Waals surface area contributed by atoms with E-state index in [1.165, 1.54) is 0 Å². The highest BCUT2D eigenvalue weighted by atomic mass is 16.5. The average molecular weight is 284 g/mol. The first-order chi connectivity index (χ1) is 10.2. The van der Waals surface area contributed by atoms with E-state index in [9.17, 15) is 4.79 Å². The Morgan fingerprint density at radius 1 is 0.905 bits per heavy atom. The summed E-state index contributed by atoms with van der Waals surface area (Å²) in [5, 5.41) is 8.24. The van der Waals surface area contributed by atoms with Gasteiger partial charge in [-0.05, 0) is 48.5 Å². The molecule has 0 radical (unpaired) electrons. The van der Waals surface area contributed by atoms with Gasteiger partial charge in [-0.25, -0.2) is 0 Å². The zero-order valence-electron chi connectivity index (χ0n) is 11.9. The fourth-order valence-electron chi connectivity index (χ4n) is 1.55. The molecule has 5 nitrogen and oxygen atoms in total. The van der Waals surface area contributed by atoms with Crippen LogP contribution in [-0.2, 0) is 4.79 Å². The van der Waals surface area contributed by atoms with Gasteiger partial charge in [-0.15, -0.1) is 0 Å². The van der Waals surface area contributed by atoms with Crippen LogP contribution in [0.15, 0.2) is 58.8 Å². The van der Waals surface area contributed by atoms with E-state index < -0.39 is 0 Å². The van der Waals surface area contributed by atoms with Crippen LogP contribution in [0.25, 0.3) is 0 Å². The Morgan fingerprint density at radius 2 is 1.38 bits per heavy atom. The van der Waals surface area contributed by atoms with E-state index in [4.69, 9.17) is 9.47 Å². The fraction of sp³-hybridized carbons (Fsp3) is 0.188. The number of benzene rings is 2. The molecule has 0 heterocycles. The molecule has 0 atom stereocenters. The van der Waals surface area contributed by atoms with Crippen molar-refractivity contribution in [3.63, 3.8) is 0 Å². The highest BCUT2D eigenvalue weighted by molar-refractivity contribution is 5.72. The van der Waals surface area contributed by atoms with Gasteiger partial charge in [0.15, 0.2) is 0 Å². The molecule has 0 aromatic heterocycles. The number of rotatable bonds is 5. The minimum Gasteiger partial charge on any atom is -0.497 e. The predicted molar refractivity (Wildman–Crippen MR) is 79.5 cm³/mol. The first kappa shape index (κ1) is 14.7. The van der Waals surface area contributed by atoms with E-state index in [0.717, 1.165) is 11.4 Å². The Bertz CT molecular complexity index is 619. The van der Waals surface area contributed by atoms with Gasteiger partial charge in [0.1, 0.15) is 11.5 Å². The van der Waals surface area contributed by atoms with Crippen LogP contribution in [0.2, 0.25) is 0 Å². The summed E-state index contributed by atoms with van der Waals surface area (Å²) in [7, 11) is 1.61. The highest BCUT2D eigenvalue weighted by Gasteiger charge is 2.01. The van der Waals surface area contributed by atoms with Crippen LogP contribution in [0.4, 0.5) is 11.4 Å². The number of ether oxygens (including phenoxy) is 2. The van der Waals surface area contributed by atoms with Gasteiger partial charge in [0.25, 0.3) is 0 Å². The second-order valence-electron chi connectivity index (χ2n) is 4.22. The summed E-state index contributed by atoms with van der Waals surface area (Å²) in [6.45, 7) is 1.75. The number of nitrogens with zero attached hydrogens (tertiary/aromatic N) is 2. The summed E-state index contributed by atoms with van der Waals surface area (Å²) < 4.78 is 10.2. The van der Waals surface area contributed by atoms with Gasteiger partial charge in [-0.2, -0.15) is 10.2 Å². The molecule has 21 heavy (non-hydrogen) atoms. The van der Waals surface area contributed by atoms with Gasteiger partial charge >= 0.3 is 5.97 Å². The van der Waals surface area contributed by atoms with Gasteiger partial charge < -0.3 is 9.47 Å². The molecule has 0 amide bonds. The summed E-state index contributed by atoms with van der Waals surface area (Å²) in [6, 6.07) is 14.1. The largest absolute Gasteiger partial charge is 0.497 e. The van der Waals surface area contributed by atoms with Crippen LogP contribution < -0.4 is 9.47 Å². The highest BCUT2D eigenvalue weighted by Crippen LogP contribution is 2.23. The first-order valence-corrected chi connectivity index (χ1v) is 6.58. The van der Waals surface area contributed by atoms with E-state index in [1.54, 1.807) is 38.3 Å². The second kappa shape index (κ2) is 7.19. The van der Waals surface area contributed by atoms with E-state index in [-0.39, 0.29) is 5.97 Å². The van der Waals surface area contributed by atoms with Gasteiger partial charge in [0.2, 0.25) is 0 Å². The van der Waals surface area contributed by atoms with Crippen molar-refractivity contribution in [1.29, 1.82) is 0 Å². The zero-order valence-corrected chi connectivity index (χ0v) is 11.9. The molecule has 5 heteroatoms. The maximum absolute atomic E-state index is 11.2. The lowest BCUT2D eigenvalue weighted by molar-refractivity contribution is -0.134. The minimum atomic E-state index is -0.261. The van der Waals surface area contributed by atoms with Crippen LogP contribution in [0.3, 0.4) is 0 Å². The van der Waals surface area contributed by atoms with Crippen molar-refractivity contribution < 1.29 is 14.3 Å². The summed E-state index contributed by atoms with van der Waals surface area (Å²) in [5.74, 6) is 1.02. The van der Waals surface area contributed by atoms with Crippen molar-refractivity contribution in [1.82, 2.24) is 0 Å². The molecule has 2 aromatic rings. The van der Waals surface area contributed by atoms with Crippen molar-refractivity contribution in [3.05, 3.63) is 48.5 Å². The summed E-state index contributed by atoms with van der Waals surface area (Å²) >= 11 is 0. The Morgan fingerprint density at radius 3 is 1.81 bits per heavy atom. The Kier molecular flexibility index (Phi) is 5.04. The molecule has 0 saturated heterocycles. The average Bonchev–Trinajstić information content (AvgIpc) is 2.54. The number of carbonyl (C=O) groups is 1. The van der Waals surface area contributed by atoms with Crippen molar-refractivity contribution in [3.8, 4) is 11.5 Å². The van der Waals surface area contributed by atoms with E-state index >= 15 is 0 Å². The molecule has 0 fully saturated rings. The topological polar surface area (TPSA) is 60.2 Å². The molecule has 0 aliphatic rings. The molecular weight excluding hydrogens is 268 g/mol. The van der Waals surface area contributed by atoms with Crippen molar-refractivity contribution in [2.75, 3.05) is 7.11 Å². The van der Waals surface area contributed by atoms with Crippen LogP contribution in [0.5, 0.6) is 11.5 Å². The van der Waals surface area contributed by atoms with Crippen LogP contribution in [0.1, 0.15) is 13.3 Å². The molecule has 0 spiro atoms. The molecular formula is C16H16N2O3. The van der Waals surface area contributed by atoms with Gasteiger partial charge in [-0.1, -0.05) is 6.92 Å². The lowest BCUT2D eigenvalue weighted by Gasteiger charge is -2.02. The number of esters is 1. The molecule has 0 N–H and O–H groups in total. The number of hydrogen-bond donors (Lipinski definition) is 0. The number of carbonyl (C=O) groups excluding carboxylic acids is 1. The summed E-state index contributed by atoms with van der Waals surface area (Å²) in [4.78, 5) is 11.2. The lowest BCUT2D eigenvalue weighted by atomic mass is 10.3. The normalized spacial score (nSPS) is 10.6. The third-order valence-corrected chi connectivity index (χ3v) is 2.71. The Hall–Kier alpha value is -2.69. The fourth-order valence-corrected chi connectivity index (χ4v) is 1.55. The van der Waals surface area contributed by atoms with Gasteiger partial charge in [-0.3, -0.25) is 4.79 Å². The Labute approximate surface area is 123 Å². The van der Waals surface area contributed by atoms with Crippen molar-refractivity contribution >= 4 is 17.3 Å². The molecule has 0 bridgehead atoms. The van der Waals surface area contributed by atoms with Crippen molar-refractivity contribution in [2.45, 2.75) is 13.3 Å². The predicted octanol–water partition coefficient (Wildman–Crippen LogP) is 4.43. The number of azo groups is 1. The van der Waals surface area contributed by atoms with E-state index in [1.807, 2.05) is 24.3 Å². The van der Waals surface area contributed by atoms with Gasteiger partial charge in [0, 0.05) is 6.42 Å². The lowest BCUT2D eigenvalue weighted by Crippen LogP contribution is -2.04. The standard InChI is InChI=1S/C16H16N2O3/c1-3-16(19)21-15-10-6-13(7-11-15)18-17-12-4-8-14(20-2)9-5-12/h4-11H,3H2,1-2H3. The number of methoxy groups -OCH3 is 1. The SMILES string of the molecule is CCC(=O)Oc1ccc(N=Nc2ccc(OC)cc2)cc1. The van der Waals surface area contributed by atoms with Gasteiger partial charge in [0.05, 0.1) is 18.5 Å². The maximum Gasteiger partial charge on any atom is 0.310 e. The molecule has 2 aromatic carbocycles. The maximum atomic E-state index is 11.2. The van der Waals surface area contributed by atoms with Crippen LogP contribution in [-0.4, -0.2) is 13.1 Å². The molecule has 0 unspecified atom stereocenters. The monoisotopic (exact) mass is 284 g/mol. The summed E-state index contributed by atoms with van der Waals surface area (Å²) in [6.07, 6.45) is 0.346. The quantitative estimate of drug-likeness (QED) is 0.463. The first-order valence-electron chi connectivity index (χ1n) is 6.58. The Balaban J connectivity index is 2.01. The van der Waals surface area contributed by atoms with Crippen LogP contribution in [0, 0.1) is 0 Å². The molecule has 108 valence electrons. The minimum absolute atomic E-state index is 0.261. The van der Waals surface area contributed by atoms with E-state index in [2.05, 4.69) is 10.2 Å². The number of hydrogen-bond acceptors (Lipinski definition) is 5. The smallest absolute Gasteiger partial charge is 0.310 e. The third kappa shape index (κ3) is 4.42. The van der Waals surface area contributed by atoms with Crippen molar-refractivity contribution in [2.24, 2.45) is 10.2 Å². The second-order valence-corrected chi connectivity index (χ2v) is 4.22. The third-order valence-electron chi connectivity index (χ3n) is 2.71. The zero-order chi connectivity index (χ0) is 15.1. The molecule has 0 aliphatic carbocycles. The summed E-state index contributed by atoms with van der Waals surface area (Å²) in [5.41, 5.74) is 1.42. The molecule has 0 aliphatic heterocycles. The van der Waals surface area contributed by atoms with E-state index in [0.29, 0.717) is 17.9 Å². The van der Waals surface area contributed by atoms with Crippen LogP contribution >= 0.6 is 0 Å².